The Kier molecular flexibility index (Phi) is 3.53. The maximum Gasteiger partial charge on any atom is 0.278 e. The Labute approximate surface area is 100 Å². The van der Waals surface area contributed by atoms with Crippen molar-refractivity contribution in [1.82, 2.24) is 0 Å². The molecule has 1 saturated carbocycles. The van der Waals surface area contributed by atoms with Gasteiger partial charge in [0.1, 0.15) is 0 Å². The topological polar surface area (TPSA) is 89.9 Å². The summed E-state index contributed by atoms with van der Waals surface area (Å²) in [4.78, 5) is 12.2. The van der Waals surface area contributed by atoms with Crippen LogP contribution in [0.3, 0.4) is 0 Å². The molecule has 1 N–H and O–H groups in total. The van der Waals surface area contributed by atoms with Gasteiger partial charge in [0.2, 0.25) is 12.1 Å². The minimum atomic E-state index is -4.43. The quantitative estimate of drug-likeness (QED) is 0.747. The average Bonchev–Trinajstić information content (AvgIpc) is 2.81. The molecule has 0 unspecified atom stereocenters. The van der Waals surface area contributed by atoms with Crippen molar-refractivity contribution >= 4 is 15.9 Å². The predicted molar refractivity (Wildman–Crippen MR) is 58.1 cm³/mol. The largest absolute Gasteiger partial charge is 0.344 e. The molecule has 1 heterocycles. The zero-order chi connectivity index (χ0) is 12.5. The van der Waals surface area contributed by atoms with Crippen LogP contribution in [0.4, 0.5) is 0 Å². The van der Waals surface area contributed by atoms with Gasteiger partial charge in [0.25, 0.3) is 10.1 Å². The lowest BCUT2D eigenvalue weighted by Gasteiger charge is -2.33. The first kappa shape index (κ1) is 12.9. The Morgan fingerprint density at radius 2 is 1.65 bits per heavy atom. The van der Waals surface area contributed by atoms with Crippen LogP contribution < -0.4 is 0 Å². The van der Waals surface area contributed by atoms with Crippen LogP contribution >= 0.6 is 0 Å². The lowest BCUT2D eigenvalue weighted by atomic mass is 9.85. The van der Waals surface area contributed by atoms with Crippen molar-refractivity contribution in [3.05, 3.63) is 0 Å². The molecule has 7 heteroatoms. The van der Waals surface area contributed by atoms with Gasteiger partial charge in [-0.25, -0.2) is 0 Å². The molecule has 0 aromatic carbocycles. The molecule has 2 fully saturated rings. The van der Waals surface area contributed by atoms with E-state index in [0.29, 0.717) is 12.8 Å². The highest BCUT2D eigenvalue weighted by Gasteiger charge is 2.53. The van der Waals surface area contributed by atoms with Gasteiger partial charge in [-0.05, 0) is 12.8 Å². The van der Waals surface area contributed by atoms with Gasteiger partial charge >= 0.3 is 0 Å². The predicted octanol–water partition coefficient (Wildman–Crippen LogP) is 0.519. The molecule has 0 amide bonds. The number of Topliss-reactive ketones (excluding diaryl/α,β-unsaturated/α-hetero) is 1. The van der Waals surface area contributed by atoms with E-state index in [1.807, 2.05) is 0 Å². The summed E-state index contributed by atoms with van der Waals surface area (Å²) in [5.41, 5.74) is 0. The molecular formula is C10H16O6S. The fourth-order valence-corrected chi connectivity index (χ4v) is 3.63. The molecule has 1 saturated heterocycles. The van der Waals surface area contributed by atoms with Gasteiger partial charge in [-0.15, -0.1) is 0 Å². The Balaban J connectivity index is 2.29. The Hall–Kier alpha value is -0.500. The first-order valence-electron chi connectivity index (χ1n) is 5.72. The monoisotopic (exact) mass is 264 g/mol. The Morgan fingerprint density at radius 1 is 1.12 bits per heavy atom. The van der Waals surface area contributed by atoms with Crippen LogP contribution in [-0.4, -0.2) is 43.0 Å². The van der Waals surface area contributed by atoms with Gasteiger partial charge in [-0.1, -0.05) is 19.3 Å². The molecule has 98 valence electrons. The fraction of sp³-hybridized carbons (Fsp3) is 0.900. The number of carbonyl (C=O) groups excluding carboxylic acids is 1. The zero-order valence-corrected chi connectivity index (χ0v) is 10.2. The van der Waals surface area contributed by atoms with E-state index in [-0.39, 0.29) is 26.1 Å². The summed E-state index contributed by atoms with van der Waals surface area (Å²) in [6.07, 6.45) is 1.24. The summed E-state index contributed by atoms with van der Waals surface area (Å²) in [5.74, 6) is -0.655. The highest BCUT2D eigenvalue weighted by molar-refractivity contribution is 7.88. The van der Waals surface area contributed by atoms with Crippen LogP contribution in [0.1, 0.15) is 32.1 Å². The highest BCUT2D eigenvalue weighted by atomic mass is 32.2. The molecule has 2 rings (SSSR count). The van der Waals surface area contributed by atoms with Crippen LogP contribution in [0.2, 0.25) is 0 Å². The lowest BCUT2D eigenvalue weighted by Crippen LogP contribution is -2.52. The van der Waals surface area contributed by atoms with E-state index in [2.05, 4.69) is 0 Å². The number of ketones is 1. The second kappa shape index (κ2) is 4.64. The van der Waals surface area contributed by atoms with Gasteiger partial charge < -0.3 is 9.47 Å². The van der Waals surface area contributed by atoms with E-state index in [0.717, 1.165) is 6.42 Å². The number of ether oxygens (including phenoxy) is 2. The van der Waals surface area contributed by atoms with Crippen LogP contribution in [0.25, 0.3) is 0 Å². The average molecular weight is 264 g/mol. The highest BCUT2D eigenvalue weighted by Crippen LogP contribution is 2.37. The third-order valence-electron chi connectivity index (χ3n) is 3.44. The zero-order valence-electron chi connectivity index (χ0n) is 9.42. The van der Waals surface area contributed by atoms with E-state index in [1.165, 1.54) is 0 Å². The van der Waals surface area contributed by atoms with Gasteiger partial charge in [-0.3, -0.25) is 9.35 Å². The van der Waals surface area contributed by atoms with Crippen LogP contribution in [0.15, 0.2) is 0 Å². The van der Waals surface area contributed by atoms with Gasteiger partial charge in [0, 0.05) is 0 Å². The van der Waals surface area contributed by atoms with E-state index in [1.54, 1.807) is 0 Å². The third-order valence-corrected chi connectivity index (χ3v) is 5.04. The summed E-state index contributed by atoms with van der Waals surface area (Å²) in [5, 5.41) is 0. The summed E-state index contributed by atoms with van der Waals surface area (Å²) in [6, 6.07) is 0. The van der Waals surface area contributed by atoms with Crippen molar-refractivity contribution in [3.8, 4) is 0 Å². The molecule has 0 bridgehead atoms. The minimum Gasteiger partial charge on any atom is -0.344 e. The molecule has 1 aliphatic heterocycles. The van der Waals surface area contributed by atoms with E-state index in [9.17, 15) is 17.8 Å². The van der Waals surface area contributed by atoms with E-state index >= 15 is 0 Å². The lowest BCUT2D eigenvalue weighted by molar-refractivity contribution is -0.148. The van der Waals surface area contributed by atoms with Gasteiger partial charge in [0.05, 0.1) is 13.2 Å². The summed E-state index contributed by atoms with van der Waals surface area (Å²) >= 11 is 0. The second-order valence-electron chi connectivity index (χ2n) is 4.47. The molecule has 0 aromatic rings. The standard InChI is InChI=1S/C10H16O6S/c11-8(9-15-6-7-16-9)10(17(12,13)14)4-2-1-3-5-10/h9H,1-7H2,(H,12,13,14). The molecule has 0 aromatic heterocycles. The minimum absolute atomic E-state index is 0.147. The Bertz CT molecular complexity index is 389. The van der Waals surface area contributed by atoms with E-state index in [4.69, 9.17) is 9.47 Å². The number of hydrogen-bond acceptors (Lipinski definition) is 5. The molecular weight excluding hydrogens is 248 g/mol. The molecule has 0 atom stereocenters. The molecule has 17 heavy (non-hydrogen) atoms. The summed E-state index contributed by atoms with van der Waals surface area (Å²) < 4.78 is 40.8. The number of hydrogen-bond donors (Lipinski definition) is 1. The first-order chi connectivity index (χ1) is 7.97. The maximum absolute atomic E-state index is 12.2. The first-order valence-corrected chi connectivity index (χ1v) is 7.16. The third kappa shape index (κ3) is 2.24. The molecule has 0 spiro atoms. The molecule has 6 nitrogen and oxygen atoms in total. The van der Waals surface area contributed by atoms with Crippen molar-refractivity contribution in [1.29, 1.82) is 0 Å². The number of carbonyl (C=O) groups is 1. The van der Waals surface area contributed by atoms with Crippen LogP contribution in [0.5, 0.6) is 0 Å². The van der Waals surface area contributed by atoms with Crippen LogP contribution in [0, 0.1) is 0 Å². The molecule has 0 radical (unpaired) electrons. The Morgan fingerprint density at radius 3 is 2.12 bits per heavy atom. The van der Waals surface area contributed by atoms with E-state index < -0.39 is 26.9 Å². The summed E-state index contributed by atoms with van der Waals surface area (Å²) in [6.45, 7) is 0.552. The normalized spacial score (nSPS) is 25.9. The maximum atomic E-state index is 12.2. The summed E-state index contributed by atoms with van der Waals surface area (Å²) in [7, 11) is -4.43. The smallest absolute Gasteiger partial charge is 0.278 e. The second-order valence-corrected chi connectivity index (χ2v) is 6.20. The molecule has 2 aliphatic rings. The van der Waals surface area contributed by atoms with Crippen molar-refractivity contribution in [2.45, 2.75) is 43.1 Å². The molecule has 1 aliphatic carbocycles. The van der Waals surface area contributed by atoms with Crippen molar-refractivity contribution in [3.63, 3.8) is 0 Å². The SMILES string of the molecule is O=C(C1OCCO1)C1(S(=O)(=O)O)CCCCC1. The van der Waals surface area contributed by atoms with Gasteiger partial charge in [-0.2, -0.15) is 8.42 Å². The fourth-order valence-electron chi connectivity index (χ4n) is 2.48. The number of rotatable bonds is 3. The van der Waals surface area contributed by atoms with Crippen LogP contribution in [-0.2, 0) is 24.4 Å². The van der Waals surface area contributed by atoms with Crippen molar-refractivity contribution < 1.29 is 27.2 Å². The van der Waals surface area contributed by atoms with Gasteiger partial charge in [0.15, 0.2) is 4.75 Å². The van der Waals surface area contributed by atoms with Crippen molar-refractivity contribution in [2.75, 3.05) is 13.2 Å². The van der Waals surface area contributed by atoms with Crippen molar-refractivity contribution in [2.24, 2.45) is 0 Å².